The molecule has 0 bridgehead atoms. The Morgan fingerprint density at radius 3 is 2.74 bits per heavy atom. The molecule has 0 radical (unpaired) electrons. The van der Waals surface area contributed by atoms with E-state index in [2.05, 4.69) is 4.98 Å². The number of carbonyl (C=O) groups is 1. The zero-order chi connectivity index (χ0) is 17.2. The average molecular weight is 334 g/mol. The molecule has 2 rings (SSSR count). The second-order valence-electron chi connectivity index (χ2n) is 5.15. The van der Waals surface area contributed by atoms with Crippen molar-refractivity contribution in [1.29, 1.82) is 0 Å². The molecule has 126 valence electrons. The predicted octanol–water partition coefficient (Wildman–Crippen LogP) is 2.01. The van der Waals surface area contributed by atoms with Crippen LogP contribution in [0.1, 0.15) is 6.42 Å². The number of alkyl halides is 3. The number of anilines is 1. The van der Waals surface area contributed by atoms with Gasteiger partial charge < -0.3 is 15.3 Å². The van der Waals surface area contributed by atoms with E-state index in [9.17, 15) is 28.1 Å². The first kappa shape index (κ1) is 16.8. The van der Waals surface area contributed by atoms with E-state index in [1.54, 1.807) is 0 Å². The minimum atomic E-state index is -4.53. The van der Waals surface area contributed by atoms with Crippen LogP contribution < -0.4 is 10.2 Å². The number of piperidine rings is 1. The monoisotopic (exact) mass is 334 g/mol. The number of halogens is 3. The van der Waals surface area contributed by atoms with Crippen molar-refractivity contribution in [1.82, 2.24) is 10.3 Å². The van der Waals surface area contributed by atoms with Crippen molar-refractivity contribution in [2.75, 3.05) is 18.0 Å². The van der Waals surface area contributed by atoms with Crippen molar-refractivity contribution in [2.24, 2.45) is 5.92 Å². The van der Waals surface area contributed by atoms with Gasteiger partial charge in [0.05, 0.1) is 16.9 Å². The van der Waals surface area contributed by atoms with Gasteiger partial charge in [-0.1, -0.05) is 0 Å². The molecule has 1 aromatic rings. The largest absolute Gasteiger partial charge is 0.465 e. The Morgan fingerprint density at radius 1 is 1.48 bits per heavy atom. The average Bonchev–Trinajstić information content (AvgIpc) is 2.45. The highest BCUT2D eigenvalue weighted by atomic mass is 19.4. The fourth-order valence-electron chi connectivity index (χ4n) is 2.60. The van der Waals surface area contributed by atoms with Gasteiger partial charge >= 0.3 is 18.0 Å². The summed E-state index contributed by atoms with van der Waals surface area (Å²) >= 11 is 0. The minimum absolute atomic E-state index is 0.0175. The summed E-state index contributed by atoms with van der Waals surface area (Å²) in [5.41, 5.74) is -0.444. The van der Waals surface area contributed by atoms with Crippen LogP contribution in [0.5, 0.6) is 0 Å². The molecular formula is C12H13F3N4O4. The third-order valence-electron chi connectivity index (χ3n) is 3.56. The van der Waals surface area contributed by atoms with Gasteiger partial charge in [0.1, 0.15) is 11.9 Å². The molecule has 2 heterocycles. The molecule has 1 fully saturated rings. The quantitative estimate of drug-likeness (QED) is 0.646. The first-order valence-corrected chi connectivity index (χ1v) is 6.58. The second kappa shape index (κ2) is 6.26. The van der Waals surface area contributed by atoms with E-state index in [0.29, 0.717) is 0 Å². The van der Waals surface area contributed by atoms with Crippen LogP contribution in [0.3, 0.4) is 0 Å². The summed E-state index contributed by atoms with van der Waals surface area (Å²) in [6, 6.07) is 0.259. The highest BCUT2D eigenvalue weighted by Gasteiger charge is 2.45. The number of amides is 1. The molecular weight excluding hydrogens is 321 g/mol. The fraction of sp³-hybridized carbons (Fsp3) is 0.500. The number of nitrogens with one attached hydrogen (secondary N) is 1. The number of pyridine rings is 1. The number of hydrogen-bond acceptors (Lipinski definition) is 5. The van der Waals surface area contributed by atoms with Gasteiger partial charge in [-0.3, -0.25) is 15.1 Å². The molecule has 1 aliphatic rings. The highest BCUT2D eigenvalue weighted by Crippen LogP contribution is 2.37. The molecule has 1 saturated heterocycles. The number of carboxylic acid groups (broad SMARTS) is 1. The number of hydrogen-bond donors (Lipinski definition) is 2. The molecule has 1 aliphatic heterocycles. The maximum Gasteiger partial charge on any atom is 0.404 e. The Balaban J connectivity index is 2.33. The fourth-order valence-corrected chi connectivity index (χ4v) is 2.60. The lowest BCUT2D eigenvalue weighted by Crippen LogP contribution is -2.53. The van der Waals surface area contributed by atoms with Gasteiger partial charge in [0, 0.05) is 19.3 Å². The van der Waals surface area contributed by atoms with Crippen molar-refractivity contribution in [3.05, 3.63) is 28.6 Å². The van der Waals surface area contributed by atoms with E-state index in [-0.39, 0.29) is 12.2 Å². The number of aromatic nitrogens is 1. The lowest BCUT2D eigenvalue weighted by molar-refractivity contribution is -0.384. The summed E-state index contributed by atoms with van der Waals surface area (Å²) in [6.07, 6.45) is -4.20. The normalized spacial score (nSPS) is 21.8. The Hall–Kier alpha value is -2.59. The maximum atomic E-state index is 13.1. The molecule has 2 N–H and O–H groups in total. The zero-order valence-electron chi connectivity index (χ0n) is 11.7. The zero-order valence-corrected chi connectivity index (χ0v) is 11.7. The Bertz CT molecular complexity index is 610. The maximum absolute atomic E-state index is 13.1. The van der Waals surface area contributed by atoms with Gasteiger partial charge in [0.2, 0.25) is 0 Å². The van der Waals surface area contributed by atoms with Gasteiger partial charge in [-0.15, -0.1) is 0 Å². The summed E-state index contributed by atoms with van der Waals surface area (Å²) in [7, 11) is 0. The van der Waals surface area contributed by atoms with E-state index in [1.807, 2.05) is 5.32 Å². The van der Waals surface area contributed by atoms with Crippen LogP contribution in [0.15, 0.2) is 18.5 Å². The van der Waals surface area contributed by atoms with Crippen LogP contribution in [-0.2, 0) is 0 Å². The Kier molecular flexibility index (Phi) is 4.57. The van der Waals surface area contributed by atoms with Crippen LogP contribution in [-0.4, -0.2) is 46.4 Å². The molecule has 1 aromatic heterocycles. The highest BCUT2D eigenvalue weighted by molar-refractivity contribution is 5.66. The molecule has 8 nitrogen and oxygen atoms in total. The van der Waals surface area contributed by atoms with Gasteiger partial charge in [-0.2, -0.15) is 13.2 Å². The van der Waals surface area contributed by atoms with Crippen LogP contribution >= 0.6 is 0 Å². The lowest BCUT2D eigenvalue weighted by Gasteiger charge is -2.39. The number of nitro groups is 1. The first-order chi connectivity index (χ1) is 10.7. The van der Waals surface area contributed by atoms with E-state index in [0.717, 1.165) is 6.20 Å². The molecule has 1 amide bonds. The molecule has 2 unspecified atom stereocenters. The molecule has 0 spiro atoms. The topological polar surface area (TPSA) is 109 Å². The second-order valence-corrected chi connectivity index (χ2v) is 5.15. The standard InChI is InChI=1S/C12H13F3N4O4/c13-12(14,15)7-3-8(17-11(20)21)6-18(5-7)9-1-2-16-4-10(9)19(22)23/h1-2,4,7-8,17H,3,5-6H2,(H,20,21). The summed E-state index contributed by atoms with van der Waals surface area (Å²) in [4.78, 5) is 25.8. The third-order valence-corrected chi connectivity index (χ3v) is 3.56. The van der Waals surface area contributed by atoms with Gasteiger partial charge in [-0.05, 0) is 12.5 Å². The summed E-state index contributed by atoms with van der Waals surface area (Å²) in [6.45, 7) is -0.574. The third kappa shape index (κ3) is 3.99. The molecule has 11 heteroatoms. The SMILES string of the molecule is O=C(O)NC1CC(C(F)(F)F)CN(c2ccncc2[N+](=O)[O-])C1. The Labute approximate surface area is 128 Å². The van der Waals surface area contributed by atoms with Gasteiger partial charge in [-0.25, -0.2) is 4.79 Å². The molecule has 2 atom stereocenters. The van der Waals surface area contributed by atoms with E-state index in [4.69, 9.17) is 5.11 Å². The van der Waals surface area contributed by atoms with E-state index >= 15 is 0 Å². The van der Waals surface area contributed by atoms with Crippen molar-refractivity contribution >= 4 is 17.5 Å². The predicted molar refractivity (Wildman–Crippen MR) is 72.2 cm³/mol. The summed E-state index contributed by atoms with van der Waals surface area (Å²) in [5.74, 6) is -1.79. The molecule has 0 aliphatic carbocycles. The van der Waals surface area contributed by atoms with Crippen LogP contribution in [0.25, 0.3) is 0 Å². The molecule has 23 heavy (non-hydrogen) atoms. The Morgan fingerprint density at radius 2 is 2.17 bits per heavy atom. The summed E-state index contributed by atoms with van der Waals surface area (Å²) < 4.78 is 39.2. The molecule has 0 aromatic carbocycles. The number of nitrogens with zero attached hydrogens (tertiary/aromatic N) is 3. The van der Waals surface area contributed by atoms with Gasteiger partial charge in [0.25, 0.3) is 0 Å². The van der Waals surface area contributed by atoms with E-state index < -0.39 is 47.8 Å². The van der Waals surface area contributed by atoms with Crippen LogP contribution in [0, 0.1) is 16.0 Å². The van der Waals surface area contributed by atoms with E-state index in [1.165, 1.54) is 17.2 Å². The van der Waals surface area contributed by atoms with Crippen molar-refractivity contribution in [3.8, 4) is 0 Å². The molecule has 0 saturated carbocycles. The van der Waals surface area contributed by atoms with Gasteiger partial charge in [0.15, 0.2) is 0 Å². The van der Waals surface area contributed by atoms with Crippen LogP contribution in [0.4, 0.5) is 29.3 Å². The minimum Gasteiger partial charge on any atom is -0.465 e. The summed E-state index contributed by atoms with van der Waals surface area (Å²) in [5, 5.41) is 21.8. The van der Waals surface area contributed by atoms with Crippen molar-refractivity contribution in [3.63, 3.8) is 0 Å². The van der Waals surface area contributed by atoms with Crippen molar-refractivity contribution < 1.29 is 28.0 Å². The number of rotatable bonds is 3. The first-order valence-electron chi connectivity index (χ1n) is 6.58. The lowest BCUT2D eigenvalue weighted by atomic mass is 9.93. The van der Waals surface area contributed by atoms with Crippen LogP contribution in [0.2, 0.25) is 0 Å². The smallest absolute Gasteiger partial charge is 0.404 e. The van der Waals surface area contributed by atoms with Crippen molar-refractivity contribution in [2.45, 2.75) is 18.6 Å².